The van der Waals surface area contributed by atoms with E-state index in [-0.39, 0.29) is 11.7 Å². The summed E-state index contributed by atoms with van der Waals surface area (Å²) in [5, 5.41) is 12.7. The number of alkyl carbamates (subject to hydrolysis) is 1. The van der Waals surface area contributed by atoms with Crippen LogP contribution in [0.2, 0.25) is 0 Å². The first kappa shape index (κ1) is 19.6. The number of fused-ring (bicyclic) bond motifs is 3. The summed E-state index contributed by atoms with van der Waals surface area (Å²) in [6, 6.07) is 22.0. The van der Waals surface area contributed by atoms with Crippen molar-refractivity contribution in [2.24, 2.45) is 0 Å². The Labute approximate surface area is 176 Å². The van der Waals surface area contributed by atoms with Crippen molar-refractivity contribution in [3.8, 4) is 28.7 Å². The number of aromatic hydroxyl groups is 1. The number of carbonyl (C=O) groups is 1. The highest BCUT2D eigenvalue weighted by atomic mass is 16.5. The molecule has 4 heteroatoms. The summed E-state index contributed by atoms with van der Waals surface area (Å²) < 4.78 is 5.50. The fourth-order valence-electron chi connectivity index (χ4n) is 3.79. The first-order valence-electron chi connectivity index (χ1n) is 10.0. The zero-order valence-electron chi connectivity index (χ0n) is 16.8. The van der Waals surface area contributed by atoms with Gasteiger partial charge in [-0.1, -0.05) is 72.5 Å². The van der Waals surface area contributed by atoms with E-state index < -0.39 is 6.09 Å². The molecule has 0 unspecified atom stereocenters. The lowest BCUT2D eigenvalue weighted by Gasteiger charge is -2.14. The Morgan fingerprint density at radius 1 is 1.00 bits per heavy atom. The summed E-state index contributed by atoms with van der Waals surface area (Å²) in [6.07, 6.45) is 0.0227. The molecule has 1 amide bonds. The van der Waals surface area contributed by atoms with Gasteiger partial charge in [-0.2, -0.15) is 0 Å². The number of para-hydroxylation sites is 1. The molecule has 0 fully saturated rings. The van der Waals surface area contributed by atoms with Gasteiger partial charge in [-0.05, 0) is 40.8 Å². The predicted molar refractivity (Wildman–Crippen MR) is 117 cm³/mol. The molecule has 3 aromatic rings. The standard InChI is InChI=1S/C26H23NO3/c1-18-9-8-11-19(25(18)28)10-6-7-16-27-26(29)30-17-24-22-14-4-2-12-20(22)21-13-3-5-15-23(21)24/h2-5,8-9,11-15,24,28H,7,16-17H2,1H3,(H,27,29). The topological polar surface area (TPSA) is 58.6 Å². The molecule has 0 atom stereocenters. The molecule has 0 radical (unpaired) electrons. The van der Waals surface area contributed by atoms with E-state index in [2.05, 4.69) is 41.4 Å². The van der Waals surface area contributed by atoms with Crippen LogP contribution < -0.4 is 5.32 Å². The van der Waals surface area contributed by atoms with E-state index in [4.69, 9.17) is 4.74 Å². The minimum Gasteiger partial charge on any atom is -0.506 e. The number of phenols is 1. The monoisotopic (exact) mass is 397 g/mol. The number of phenolic OH excluding ortho intramolecular Hbond substituents is 1. The highest BCUT2D eigenvalue weighted by Crippen LogP contribution is 2.44. The number of aryl methyl sites for hydroxylation is 1. The second-order valence-electron chi connectivity index (χ2n) is 7.28. The molecule has 0 aromatic heterocycles. The molecule has 2 N–H and O–H groups in total. The van der Waals surface area contributed by atoms with Gasteiger partial charge in [0.2, 0.25) is 0 Å². The molecule has 30 heavy (non-hydrogen) atoms. The Bertz CT molecular complexity index is 1090. The zero-order valence-corrected chi connectivity index (χ0v) is 16.8. The van der Waals surface area contributed by atoms with Crippen molar-refractivity contribution in [3.05, 3.63) is 89.0 Å². The maximum absolute atomic E-state index is 12.1. The van der Waals surface area contributed by atoms with Crippen LogP contribution >= 0.6 is 0 Å². The molecule has 0 bridgehead atoms. The number of hydrogen-bond acceptors (Lipinski definition) is 3. The van der Waals surface area contributed by atoms with Crippen molar-refractivity contribution in [2.45, 2.75) is 19.3 Å². The molecule has 1 aliphatic carbocycles. The minimum absolute atomic E-state index is 0.0484. The van der Waals surface area contributed by atoms with E-state index in [1.165, 1.54) is 22.3 Å². The second-order valence-corrected chi connectivity index (χ2v) is 7.28. The number of rotatable bonds is 4. The van der Waals surface area contributed by atoms with Crippen molar-refractivity contribution >= 4 is 6.09 Å². The minimum atomic E-state index is -0.447. The Morgan fingerprint density at radius 2 is 1.67 bits per heavy atom. The Morgan fingerprint density at radius 3 is 2.37 bits per heavy atom. The SMILES string of the molecule is Cc1cccc(C#CCCNC(=O)OCC2c3ccccc3-c3ccccc32)c1O. The van der Waals surface area contributed by atoms with Crippen molar-refractivity contribution in [3.63, 3.8) is 0 Å². The highest BCUT2D eigenvalue weighted by Gasteiger charge is 2.28. The fourth-order valence-corrected chi connectivity index (χ4v) is 3.79. The summed E-state index contributed by atoms with van der Waals surface area (Å²) in [6.45, 7) is 2.51. The molecule has 4 rings (SSSR count). The van der Waals surface area contributed by atoms with Crippen LogP contribution in [0.1, 0.15) is 34.6 Å². The van der Waals surface area contributed by atoms with E-state index in [0.717, 1.165) is 5.56 Å². The molecule has 0 saturated carbocycles. The van der Waals surface area contributed by atoms with Gasteiger partial charge in [0.25, 0.3) is 0 Å². The van der Waals surface area contributed by atoms with Gasteiger partial charge in [-0.25, -0.2) is 4.79 Å². The smallest absolute Gasteiger partial charge is 0.407 e. The fraction of sp³-hybridized carbons (Fsp3) is 0.192. The van der Waals surface area contributed by atoms with E-state index >= 15 is 0 Å². The summed E-state index contributed by atoms with van der Waals surface area (Å²) >= 11 is 0. The van der Waals surface area contributed by atoms with Gasteiger partial charge in [0.15, 0.2) is 0 Å². The molecule has 0 heterocycles. The van der Waals surface area contributed by atoms with Gasteiger partial charge in [0, 0.05) is 18.9 Å². The molecule has 3 aromatic carbocycles. The maximum Gasteiger partial charge on any atom is 0.407 e. The molecule has 1 aliphatic rings. The normalized spacial score (nSPS) is 11.8. The molecular formula is C26H23NO3. The van der Waals surface area contributed by atoms with Gasteiger partial charge in [0.1, 0.15) is 12.4 Å². The van der Waals surface area contributed by atoms with Crippen molar-refractivity contribution < 1.29 is 14.6 Å². The third-order valence-electron chi connectivity index (χ3n) is 5.32. The number of amides is 1. The van der Waals surface area contributed by atoms with Crippen LogP contribution in [-0.4, -0.2) is 24.4 Å². The molecule has 0 saturated heterocycles. The molecule has 0 aliphatic heterocycles. The second kappa shape index (κ2) is 8.75. The third-order valence-corrected chi connectivity index (χ3v) is 5.32. The van der Waals surface area contributed by atoms with E-state index in [0.29, 0.717) is 25.1 Å². The van der Waals surface area contributed by atoms with Crippen LogP contribution in [0.25, 0.3) is 11.1 Å². The van der Waals surface area contributed by atoms with Crippen molar-refractivity contribution in [1.82, 2.24) is 5.32 Å². The maximum atomic E-state index is 12.1. The number of carbonyl (C=O) groups excluding carboxylic acids is 1. The lowest BCUT2D eigenvalue weighted by atomic mass is 9.98. The van der Waals surface area contributed by atoms with Crippen LogP contribution in [0.15, 0.2) is 66.7 Å². The molecular weight excluding hydrogens is 374 g/mol. The van der Waals surface area contributed by atoms with Gasteiger partial charge < -0.3 is 15.2 Å². The van der Waals surface area contributed by atoms with Crippen LogP contribution in [-0.2, 0) is 4.74 Å². The van der Waals surface area contributed by atoms with Gasteiger partial charge >= 0.3 is 6.09 Å². The molecule has 0 spiro atoms. The number of ether oxygens (including phenoxy) is 1. The lowest BCUT2D eigenvalue weighted by Crippen LogP contribution is -2.26. The largest absolute Gasteiger partial charge is 0.506 e. The predicted octanol–water partition coefficient (Wildman–Crippen LogP) is 4.98. The zero-order chi connectivity index (χ0) is 20.9. The average molecular weight is 397 g/mol. The number of nitrogens with one attached hydrogen (secondary N) is 1. The van der Waals surface area contributed by atoms with Crippen LogP contribution in [0.3, 0.4) is 0 Å². The first-order valence-corrected chi connectivity index (χ1v) is 10.0. The average Bonchev–Trinajstić information content (AvgIpc) is 3.09. The number of hydrogen-bond donors (Lipinski definition) is 2. The number of benzene rings is 3. The van der Waals surface area contributed by atoms with Gasteiger partial charge in [-0.15, -0.1) is 0 Å². The quantitative estimate of drug-likeness (QED) is 0.482. The van der Waals surface area contributed by atoms with Crippen LogP contribution in [0.4, 0.5) is 4.79 Å². The molecule has 150 valence electrons. The van der Waals surface area contributed by atoms with E-state index in [9.17, 15) is 9.90 Å². The van der Waals surface area contributed by atoms with Crippen molar-refractivity contribution in [1.29, 1.82) is 0 Å². The summed E-state index contributed by atoms with van der Waals surface area (Å²) in [5.41, 5.74) is 6.17. The van der Waals surface area contributed by atoms with Crippen molar-refractivity contribution in [2.75, 3.05) is 13.2 Å². The summed E-state index contributed by atoms with van der Waals surface area (Å²) in [5.74, 6) is 6.15. The van der Waals surface area contributed by atoms with Gasteiger partial charge in [0.05, 0.1) is 5.56 Å². The summed E-state index contributed by atoms with van der Waals surface area (Å²) in [4.78, 5) is 12.1. The Balaban J connectivity index is 1.30. The third kappa shape index (κ3) is 4.01. The van der Waals surface area contributed by atoms with E-state index in [1.54, 1.807) is 6.07 Å². The lowest BCUT2D eigenvalue weighted by molar-refractivity contribution is 0.143. The van der Waals surface area contributed by atoms with Crippen LogP contribution in [0.5, 0.6) is 5.75 Å². The Kier molecular flexibility index (Phi) is 5.72. The summed E-state index contributed by atoms with van der Waals surface area (Å²) in [7, 11) is 0. The highest BCUT2D eigenvalue weighted by molar-refractivity contribution is 5.79. The molecule has 4 nitrogen and oxygen atoms in total. The Hall–Kier alpha value is -3.71. The van der Waals surface area contributed by atoms with E-state index in [1.807, 2.05) is 43.3 Å². The van der Waals surface area contributed by atoms with Crippen LogP contribution in [0, 0.1) is 18.8 Å². The van der Waals surface area contributed by atoms with Gasteiger partial charge in [-0.3, -0.25) is 0 Å². The first-order chi connectivity index (χ1) is 14.6.